The Bertz CT molecular complexity index is 1060. The maximum absolute atomic E-state index is 13.0. The van der Waals surface area contributed by atoms with E-state index in [2.05, 4.69) is 15.0 Å². The lowest BCUT2D eigenvalue weighted by atomic mass is 10.1. The molecule has 0 bridgehead atoms. The van der Waals surface area contributed by atoms with Crippen LogP contribution in [-0.2, 0) is 6.18 Å². The Hall–Kier alpha value is -3.23. The molecule has 1 aliphatic heterocycles. The molecule has 9 heteroatoms. The Morgan fingerprint density at radius 1 is 1.03 bits per heavy atom. The van der Waals surface area contributed by atoms with E-state index in [0.29, 0.717) is 31.9 Å². The zero-order valence-corrected chi connectivity index (χ0v) is 15.6. The van der Waals surface area contributed by atoms with Crippen LogP contribution in [-0.4, -0.2) is 51.9 Å². The first kappa shape index (κ1) is 19.1. The van der Waals surface area contributed by atoms with Crippen molar-refractivity contribution >= 4 is 22.5 Å². The van der Waals surface area contributed by atoms with Crippen molar-refractivity contribution in [1.82, 2.24) is 19.9 Å². The van der Waals surface area contributed by atoms with Gasteiger partial charge in [-0.05, 0) is 18.4 Å². The van der Waals surface area contributed by atoms with Crippen LogP contribution in [0.1, 0.15) is 22.0 Å². The number of piperazine rings is 1. The topological polar surface area (TPSA) is 62.2 Å². The van der Waals surface area contributed by atoms with Gasteiger partial charge in [0.15, 0.2) is 0 Å². The van der Waals surface area contributed by atoms with Crippen LogP contribution < -0.4 is 4.90 Å². The summed E-state index contributed by atoms with van der Waals surface area (Å²) >= 11 is 0. The van der Waals surface area contributed by atoms with Crippen molar-refractivity contribution in [3.63, 3.8) is 0 Å². The number of aryl methyl sites for hydroxylation is 1. The lowest BCUT2D eigenvalue weighted by Crippen LogP contribution is -2.49. The number of carbonyl (C=O) groups excluding carboxylic acids is 1. The molecule has 0 atom stereocenters. The summed E-state index contributed by atoms with van der Waals surface area (Å²) in [4.78, 5) is 28.3. The van der Waals surface area contributed by atoms with Crippen molar-refractivity contribution < 1.29 is 18.0 Å². The van der Waals surface area contributed by atoms with Gasteiger partial charge in [-0.1, -0.05) is 24.3 Å². The highest BCUT2D eigenvalue weighted by Crippen LogP contribution is 2.30. The van der Waals surface area contributed by atoms with Crippen LogP contribution in [0.15, 0.2) is 42.6 Å². The molecule has 0 N–H and O–H groups in total. The molecule has 1 aromatic carbocycles. The molecule has 1 aliphatic rings. The summed E-state index contributed by atoms with van der Waals surface area (Å²) < 4.78 is 39.1. The molecule has 29 heavy (non-hydrogen) atoms. The monoisotopic (exact) mass is 401 g/mol. The number of aromatic nitrogens is 3. The first-order valence-corrected chi connectivity index (χ1v) is 9.14. The average Bonchev–Trinajstić information content (AvgIpc) is 2.72. The Kier molecular flexibility index (Phi) is 4.81. The highest BCUT2D eigenvalue weighted by molar-refractivity contribution is 6.05. The van der Waals surface area contributed by atoms with E-state index >= 15 is 0 Å². The van der Waals surface area contributed by atoms with E-state index in [-0.39, 0.29) is 17.5 Å². The van der Waals surface area contributed by atoms with Crippen molar-refractivity contribution in [3.05, 3.63) is 59.8 Å². The summed E-state index contributed by atoms with van der Waals surface area (Å²) in [5, 5.41) is 1.71. The zero-order chi connectivity index (χ0) is 20.6. The Balaban J connectivity index is 1.51. The first-order chi connectivity index (χ1) is 13.8. The minimum absolute atomic E-state index is 0.0632. The molecule has 1 saturated heterocycles. The number of halogens is 3. The number of fused-ring (bicyclic) bond motifs is 1. The number of alkyl halides is 3. The van der Waals surface area contributed by atoms with Crippen molar-refractivity contribution in [2.75, 3.05) is 31.1 Å². The smallest absolute Gasteiger partial charge is 0.353 e. The molecule has 0 unspecified atom stereocenters. The molecular weight excluding hydrogens is 383 g/mol. The summed E-state index contributed by atoms with van der Waals surface area (Å²) in [6.07, 6.45) is -2.92. The SMILES string of the molecule is Cc1nc(N2CCN(C(=O)c3nccc4ccccc34)CC2)cc(C(F)(F)F)n1. The number of amides is 1. The third-order valence-electron chi connectivity index (χ3n) is 4.88. The van der Waals surface area contributed by atoms with Gasteiger partial charge in [0.05, 0.1) is 0 Å². The molecule has 1 amide bonds. The van der Waals surface area contributed by atoms with Crippen LogP contribution in [0.4, 0.5) is 19.0 Å². The number of hydrogen-bond donors (Lipinski definition) is 0. The lowest BCUT2D eigenvalue weighted by Gasteiger charge is -2.35. The normalized spacial score (nSPS) is 15.0. The van der Waals surface area contributed by atoms with Crippen LogP contribution in [0, 0.1) is 6.92 Å². The van der Waals surface area contributed by atoms with Crippen molar-refractivity contribution in [1.29, 1.82) is 0 Å². The molecule has 1 fully saturated rings. The van der Waals surface area contributed by atoms with Crippen molar-refractivity contribution in [2.24, 2.45) is 0 Å². The molecule has 0 saturated carbocycles. The maximum atomic E-state index is 13.0. The summed E-state index contributed by atoms with van der Waals surface area (Å²) in [6.45, 7) is 2.93. The number of pyridine rings is 1. The molecule has 6 nitrogen and oxygen atoms in total. The highest BCUT2D eigenvalue weighted by Gasteiger charge is 2.34. The van der Waals surface area contributed by atoms with Crippen molar-refractivity contribution in [3.8, 4) is 0 Å². The molecule has 150 valence electrons. The van der Waals surface area contributed by atoms with Gasteiger partial charge in [-0.3, -0.25) is 9.78 Å². The number of anilines is 1. The van der Waals surface area contributed by atoms with Gasteiger partial charge < -0.3 is 9.80 Å². The number of carbonyl (C=O) groups is 1. The van der Waals surface area contributed by atoms with Gasteiger partial charge in [0.1, 0.15) is 23.0 Å². The predicted octanol–water partition coefficient (Wildman–Crippen LogP) is 3.31. The summed E-state index contributed by atoms with van der Waals surface area (Å²) in [7, 11) is 0. The van der Waals surface area contributed by atoms with Gasteiger partial charge in [-0.25, -0.2) is 9.97 Å². The van der Waals surface area contributed by atoms with Crippen LogP contribution in [0.5, 0.6) is 0 Å². The average molecular weight is 401 g/mol. The molecular formula is C20H18F3N5O. The van der Waals surface area contributed by atoms with Gasteiger partial charge >= 0.3 is 6.18 Å². The van der Waals surface area contributed by atoms with E-state index in [1.807, 2.05) is 30.3 Å². The van der Waals surface area contributed by atoms with Crippen LogP contribution in [0.3, 0.4) is 0 Å². The Labute approximate surface area is 165 Å². The maximum Gasteiger partial charge on any atom is 0.433 e. The minimum atomic E-state index is -4.53. The predicted molar refractivity (Wildman–Crippen MR) is 102 cm³/mol. The second kappa shape index (κ2) is 7.31. The summed E-state index contributed by atoms with van der Waals surface area (Å²) in [5.41, 5.74) is -0.577. The first-order valence-electron chi connectivity index (χ1n) is 9.14. The largest absolute Gasteiger partial charge is 0.433 e. The van der Waals surface area contributed by atoms with Gasteiger partial charge in [0.2, 0.25) is 0 Å². The third-order valence-corrected chi connectivity index (χ3v) is 4.88. The number of benzene rings is 1. The van der Waals surface area contributed by atoms with Crippen LogP contribution >= 0.6 is 0 Å². The third kappa shape index (κ3) is 3.85. The van der Waals surface area contributed by atoms with Crippen LogP contribution in [0.25, 0.3) is 10.8 Å². The number of nitrogens with zero attached hydrogens (tertiary/aromatic N) is 5. The minimum Gasteiger partial charge on any atom is -0.353 e. The van der Waals surface area contributed by atoms with E-state index in [1.165, 1.54) is 6.92 Å². The van der Waals surface area contributed by atoms with E-state index in [9.17, 15) is 18.0 Å². The van der Waals surface area contributed by atoms with E-state index in [1.54, 1.807) is 16.0 Å². The second-order valence-electron chi connectivity index (χ2n) is 6.82. The molecule has 0 aliphatic carbocycles. The standard InChI is InChI=1S/C20H18F3N5O/c1-13-25-16(20(21,22)23)12-17(26-13)27-8-10-28(11-9-27)19(29)18-15-5-3-2-4-14(15)6-7-24-18/h2-7,12H,8-11H2,1H3. The van der Waals surface area contributed by atoms with Crippen LogP contribution in [0.2, 0.25) is 0 Å². The van der Waals surface area contributed by atoms with E-state index < -0.39 is 11.9 Å². The Morgan fingerprint density at radius 2 is 1.76 bits per heavy atom. The zero-order valence-electron chi connectivity index (χ0n) is 15.6. The number of hydrogen-bond acceptors (Lipinski definition) is 5. The van der Waals surface area contributed by atoms with E-state index in [4.69, 9.17) is 0 Å². The highest BCUT2D eigenvalue weighted by atomic mass is 19.4. The van der Waals surface area contributed by atoms with Gasteiger partial charge in [-0.15, -0.1) is 0 Å². The molecule has 0 radical (unpaired) electrons. The Morgan fingerprint density at radius 3 is 2.48 bits per heavy atom. The number of rotatable bonds is 2. The summed E-state index contributed by atoms with van der Waals surface area (Å²) in [6, 6.07) is 10.3. The molecule has 0 spiro atoms. The molecule has 3 aromatic rings. The van der Waals surface area contributed by atoms with Gasteiger partial charge in [0.25, 0.3) is 5.91 Å². The fraction of sp³-hybridized carbons (Fsp3) is 0.300. The molecule has 4 rings (SSSR count). The molecule has 2 aromatic heterocycles. The van der Waals surface area contributed by atoms with Gasteiger partial charge in [0, 0.05) is 43.8 Å². The second-order valence-corrected chi connectivity index (χ2v) is 6.82. The fourth-order valence-electron chi connectivity index (χ4n) is 3.44. The lowest BCUT2D eigenvalue weighted by molar-refractivity contribution is -0.141. The van der Waals surface area contributed by atoms with Crippen molar-refractivity contribution in [2.45, 2.75) is 13.1 Å². The van der Waals surface area contributed by atoms with Gasteiger partial charge in [-0.2, -0.15) is 13.2 Å². The quantitative estimate of drug-likeness (QED) is 0.659. The van der Waals surface area contributed by atoms with E-state index in [0.717, 1.165) is 16.8 Å². The fourth-order valence-corrected chi connectivity index (χ4v) is 3.44. The molecule has 3 heterocycles. The summed E-state index contributed by atoms with van der Waals surface area (Å²) in [5.74, 6) is 0.102.